The highest BCUT2D eigenvalue weighted by Gasteiger charge is 2.17. The molecule has 0 spiro atoms. The zero-order chi connectivity index (χ0) is 12.7. The standard InChI is InChI=1S/C9H14N2O5/c1-4-11(16-8(14)6(2)3)9(15)10-5-7(12)13/h2,4-5H2,1,3H3,(H,10,15)(H,12,13). The van der Waals surface area contributed by atoms with Gasteiger partial charge in [0.05, 0.1) is 6.54 Å². The first kappa shape index (κ1) is 13.9. The number of aliphatic carboxylic acids is 1. The number of hydrogen-bond acceptors (Lipinski definition) is 4. The normalized spacial score (nSPS) is 9.12. The van der Waals surface area contributed by atoms with Gasteiger partial charge in [-0.1, -0.05) is 6.58 Å². The molecule has 0 radical (unpaired) electrons. The molecule has 0 saturated carbocycles. The second-order valence-electron chi connectivity index (χ2n) is 2.91. The minimum Gasteiger partial charge on any atom is -0.480 e. The number of amides is 2. The second-order valence-corrected chi connectivity index (χ2v) is 2.91. The number of carbonyl (C=O) groups is 3. The van der Waals surface area contributed by atoms with E-state index >= 15 is 0 Å². The van der Waals surface area contributed by atoms with Gasteiger partial charge in [0.15, 0.2) is 0 Å². The van der Waals surface area contributed by atoms with Crippen LogP contribution in [0.15, 0.2) is 12.2 Å². The zero-order valence-electron chi connectivity index (χ0n) is 9.15. The molecular formula is C9H14N2O5. The molecule has 0 aliphatic heterocycles. The lowest BCUT2D eigenvalue weighted by atomic mass is 10.4. The highest BCUT2D eigenvalue weighted by molar-refractivity contribution is 5.88. The first-order chi connectivity index (χ1) is 7.38. The van der Waals surface area contributed by atoms with Crippen LogP contribution in [0.4, 0.5) is 4.79 Å². The van der Waals surface area contributed by atoms with Crippen molar-refractivity contribution in [3.8, 4) is 0 Å². The van der Waals surface area contributed by atoms with Crippen molar-refractivity contribution in [1.29, 1.82) is 0 Å². The van der Waals surface area contributed by atoms with Crippen LogP contribution in [0, 0.1) is 0 Å². The van der Waals surface area contributed by atoms with Crippen LogP contribution < -0.4 is 5.32 Å². The van der Waals surface area contributed by atoms with Gasteiger partial charge in [-0.05, 0) is 13.8 Å². The fourth-order valence-electron chi connectivity index (χ4n) is 0.667. The zero-order valence-corrected chi connectivity index (χ0v) is 9.15. The summed E-state index contributed by atoms with van der Waals surface area (Å²) in [5, 5.41) is 11.1. The lowest BCUT2D eigenvalue weighted by Crippen LogP contribution is -2.43. The topological polar surface area (TPSA) is 95.9 Å². The summed E-state index contributed by atoms with van der Waals surface area (Å²) in [4.78, 5) is 37.2. The number of nitrogens with zero attached hydrogens (tertiary/aromatic N) is 1. The molecule has 0 aromatic carbocycles. The Hall–Kier alpha value is -2.05. The van der Waals surface area contributed by atoms with E-state index in [9.17, 15) is 14.4 Å². The van der Waals surface area contributed by atoms with Gasteiger partial charge in [0, 0.05) is 5.57 Å². The van der Waals surface area contributed by atoms with Crippen molar-refractivity contribution in [3.05, 3.63) is 12.2 Å². The van der Waals surface area contributed by atoms with Crippen molar-refractivity contribution >= 4 is 18.0 Å². The van der Waals surface area contributed by atoms with Gasteiger partial charge >= 0.3 is 18.0 Å². The van der Waals surface area contributed by atoms with Crippen LogP contribution in [0.1, 0.15) is 13.8 Å². The predicted molar refractivity (Wildman–Crippen MR) is 54.3 cm³/mol. The Bertz CT molecular complexity index is 313. The Morgan fingerprint density at radius 3 is 2.38 bits per heavy atom. The quantitative estimate of drug-likeness (QED) is 0.529. The first-order valence-electron chi connectivity index (χ1n) is 4.53. The van der Waals surface area contributed by atoms with Crippen molar-refractivity contribution in [2.24, 2.45) is 0 Å². The van der Waals surface area contributed by atoms with Crippen molar-refractivity contribution in [1.82, 2.24) is 10.4 Å². The maximum atomic E-state index is 11.3. The summed E-state index contributed by atoms with van der Waals surface area (Å²) < 4.78 is 0. The third-order valence-electron chi connectivity index (χ3n) is 1.45. The van der Waals surface area contributed by atoms with E-state index < -0.39 is 24.5 Å². The molecule has 7 nitrogen and oxygen atoms in total. The minimum absolute atomic E-state index is 0.102. The predicted octanol–water partition coefficient (Wildman–Crippen LogP) is 0.137. The summed E-state index contributed by atoms with van der Waals surface area (Å²) in [6.07, 6.45) is 0. The monoisotopic (exact) mass is 230 g/mol. The number of nitrogens with one attached hydrogen (secondary N) is 1. The van der Waals surface area contributed by atoms with Crippen LogP contribution in [0.3, 0.4) is 0 Å². The fraction of sp³-hybridized carbons (Fsp3) is 0.444. The van der Waals surface area contributed by atoms with Gasteiger partial charge in [-0.2, -0.15) is 5.06 Å². The summed E-state index contributed by atoms with van der Waals surface area (Å²) in [5.74, 6) is -1.93. The molecule has 0 aromatic heterocycles. The van der Waals surface area contributed by atoms with Gasteiger partial charge in [-0.3, -0.25) is 4.79 Å². The lowest BCUT2D eigenvalue weighted by molar-refractivity contribution is -0.170. The van der Waals surface area contributed by atoms with E-state index in [2.05, 4.69) is 16.7 Å². The van der Waals surface area contributed by atoms with E-state index in [0.29, 0.717) is 0 Å². The molecule has 0 aliphatic rings. The van der Waals surface area contributed by atoms with Gasteiger partial charge < -0.3 is 15.3 Å². The maximum absolute atomic E-state index is 11.3. The summed E-state index contributed by atoms with van der Waals surface area (Å²) in [5.41, 5.74) is 0.143. The van der Waals surface area contributed by atoms with Gasteiger partial charge in [-0.15, -0.1) is 0 Å². The molecule has 0 aromatic rings. The molecule has 0 atom stereocenters. The van der Waals surface area contributed by atoms with E-state index in [4.69, 9.17) is 5.11 Å². The number of carbonyl (C=O) groups excluding carboxylic acids is 2. The van der Waals surface area contributed by atoms with E-state index in [1.807, 2.05) is 0 Å². The molecule has 0 aliphatic carbocycles. The molecule has 0 bridgehead atoms. The number of urea groups is 1. The average molecular weight is 230 g/mol. The first-order valence-corrected chi connectivity index (χ1v) is 4.53. The highest BCUT2D eigenvalue weighted by atomic mass is 16.7. The van der Waals surface area contributed by atoms with Crippen LogP contribution in [0.25, 0.3) is 0 Å². The van der Waals surface area contributed by atoms with Crippen LogP contribution in [0.2, 0.25) is 0 Å². The van der Waals surface area contributed by atoms with Crippen molar-refractivity contribution in [3.63, 3.8) is 0 Å². The molecule has 0 heterocycles. The van der Waals surface area contributed by atoms with Crippen molar-refractivity contribution in [2.45, 2.75) is 13.8 Å². The Morgan fingerprint density at radius 2 is 2.00 bits per heavy atom. The summed E-state index contributed by atoms with van der Waals surface area (Å²) >= 11 is 0. The van der Waals surface area contributed by atoms with Crippen LogP contribution in [-0.4, -0.2) is 41.2 Å². The summed E-state index contributed by atoms with van der Waals surface area (Å²) in [6.45, 7) is 5.92. The molecule has 0 unspecified atom stereocenters. The number of carboxylic acids is 1. The van der Waals surface area contributed by atoms with Gasteiger partial charge in [0.1, 0.15) is 6.54 Å². The SMILES string of the molecule is C=C(C)C(=O)ON(CC)C(=O)NCC(=O)O. The Kier molecular flexibility index (Phi) is 5.61. The summed E-state index contributed by atoms with van der Waals surface area (Å²) in [7, 11) is 0. The third-order valence-corrected chi connectivity index (χ3v) is 1.45. The average Bonchev–Trinajstić information content (AvgIpc) is 2.21. The van der Waals surface area contributed by atoms with E-state index in [0.717, 1.165) is 5.06 Å². The van der Waals surface area contributed by atoms with Gasteiger partial charge in [-0.25, -0.2) is 9.59 Å². The van der Waals surface area contributed by atoms with Crippen molar-refractivity contribution in [2.75, 3.05) is 13.1 Å². The Labute approximate surface area is 92.6 Å². The van der Waals surface area contributed by atoms with E-state index in [-0.39, 0.29) is 12.1 Å². The molecule has 16 heavy (non-hydrogen) atoms. The summed E-state index contributed by atoms with van der Waals surface area (Å²) in [6, 6.07) is -0.792. The molecule has 2 amide bonds. The molecule has 0 rings (SSSR count). The molecule has 0 saturated heterocycles. The van der Waals surface area contributed by atoms with Crippen molar-refractivity contribution < 1.29 is 24.3 Å². The number of hydrogen-bond donors (Lipinski definition) is 2. The smallest absolute Gasteiger partial charge is 0.358 e. The second kappa shape index (κ2) is 6.44. The van der Waals surface area contributed by atoms with E-state index in [1.54, 1.807) is 6.92 Å². The number of rotatable bonds is 4. The molecule has 2 N–H and O–H groups in total. The van der Waals surface area contributed by atoms with Gasteiger partial charge in [0.25, 0.3) is 0 Å². The molecule has 7 heteroatoms. The van der Waals surface area contributed by atoms with Crippen LogP contribution in [-0.2, 0) is 14.4 Å². The largest absolute Gasteiger partial charge is 0.480 e. The molecule has 0 fully saturated rings. The van der Waals surface area contributed by atoms with Crippen LogP contribution >= 0.6 is 0 Å². The third kappa shape index (κ3) is 4.99. The molecular weight excluding hydrogens is 216 g/mol. The Morgan fingerprint density at radius 1 is 1.44 bits per heavy atom. The highest BCUT2D eigenvalue weighted by Crippen LogP contribution is 1.98. The number of hydroxylamine groups is 2. The fourth-order valence-corrected chi connectivity index (χ4v) is 0.667. The Balaban J connectivity index is 4.27. The number of carboxylic acid groups (broad SMARTS) is 1. The molecule has 90 valence electrons. The minimum atomic E-state index is -1.18. The van der Waals surface area contributed by atoms with E-state index in [1.165, 1.54) is 6.92 Å². The van der Waals surface area contributed by atoms with Gasteiger partial charge in [0.2, 0.25) is 0 Å². The lowest BCUT2D eigenvalue weighted by Gasteiger charge is -2.19. The maximum Gasteiger partial charge on any atom is 0.358 e. The van der Waals surface area contributed by atoms with Crippen LogP contribution in [0.5, 0.6) is 0 Å².